The first-order valence-corrected chi connectivity index (χ1v) is 17.1. The van der Waals surface area contributed by atoms with E-state index in [9.17, 15) is 5.11 Å². The van der Waals surface area contributed by atoms with E-state index in [0.717, 1.165) is 60.1 Å². The summed E-state index contributed by atoms with van der Waals surface area (Å²) >= 11 is 14.5. The molecule has 5 N–H and O–H groups in total. The predicted octanol–water partition coefficient (Wildman–Crippen LogP) is 5.36. The fourth-order valence-electron chi connectivity index (χ4n) is 5.40. The van der Waals surface area contributed by atoms with Crippen molar-refractivity contribution in [2.45, 2.75) is 40.4 Å². The van der Waals surface area contributed by atoms with Gasteiger partial charge in [-0.2, -0.15) is 0 Å². The highest BCUT2D eigenvalue weighted by molar-refractivity contribution is 14.1. The first-order chi connectivity index (χ1) is 23.6. The molecule has 0 saturated heterocycles. The summed E-state index contributed by atoms with van der Waals surface area (Å²) in [4.78, 5) is 26.1. The Hall–Kier alpha value is -3.93. The highest BCUT2D eigenvalue weighted by atomic mass is 127. The van der Waals surface area contributed by atoms with E-state index in [2.05, 4.69) is 52.5 Å². The number of benzene rings is 1. The Morgan fingerprint density at radius 1 is 0.633 bits per heavy atom. The zero-order valence-corrected chi connectivity index (χ0v) is 30.7. The smallest absolute Gasteiger partial charge is 0.162 e. The van der Waals surface area contributed by atoms with Crippen molar-refractivity contribution in [3.8, 4) is 11.1 Å². The zero-order chi connectivity index (χ0) is 35.2. The fraction of sp³-hybridized carbons (Fsp3) is 0.273. The van der Waals surface area contributed by atoms with Crippen molar-refractivity contribution in [2.24, 2.45) is 0 Å². The third-order valence-corrected chi connectivity index (χ3v) is 9.07. The molecular weight excluding hydrogens is 782 g/mol. The Kier molecular flexibility index (Phi) is 12.0. The van der Waals surface area contributed by atoms with Crippen LogP contribution in [0, 0.1) is 24.3 Å². The molecule has 1 aromatic carbocycles. The summed E-state index contributed by atoms with van der Waals surface area (Å²) in [6.45, 7) is 7.43. The summed E-state index contributed by atoms with van der Waals surface area (Å²) in [5, 5.41) is 28.1. The molecule has 0 saturated carbocycles. The van der Waals surface area contributed by atoms with Crippen LogP contribution >= 0.6 is 45.8 Å². The number of aliphatic hydroxyl groups excluding tert-OH is 3. The van der Waals surface area contributed by atoms with Crippen molar-refractivity contribution in [3.05, 3.63) is 86.1 Å². The van der Waals surface area contributed by atoms with Gasteiger partial charge in [0, 0.05) is 63.0 Å². The first kappa shape index (κ1) is 36.4. The predicted molar refractivity (Wildman–Crippen MR) is 201 cm³/mol. The number of halogens is 3. The van der Waals surface area contributed by atoms with Gasteiger partial charge in [0.15, 0.2) is 16.9 Å². The monoisotopic (exact) mass is 816 g/mol. The van der Waals surface area contributed by atoms with E-state index in [1.54, 1.807) is 36.8 Å². The Bertz CT molecular complexity index is 2150. The normalized spacial score (nSPS) is 11.1. The molecule has 16 heteroatoms. The quantitative estimate of drug-likeness (QED) is 0.153. The second-order valence-corrected chi connectivity index (χ2v) is 12.8. The van der Waals surface area contributed by atoms with Crippen LogP contribution < -0.4 is 5.73 Å². The number of nitrogen functional groups attached to an aromatic ring is 1. The Morgan fingerprint density at radius 3 is 1.65 bits per heavy atom. The lowest BCUT2D eigenvalue weighted by molar-refractivity contribution is 0.276. The van der Waals surface area contributed by atoms with Gasteiger partial charge in [-0.1, -0.05) is 29.3 Å². The van der Waals surface area contributed by atoms with Crippen LogP contribution in [0.1, 0.15) is 17.5 Å². The van der Waals surface area contributed by atoms with Gasteiger partial charge in [-0.15, -0.1) is 0 Å². The highest BCUT2D eigenvalue weighted by Gasteiger charge is 2.15. The van der Waals surface area contributed by atoms with Crippen LogP contribution in [0.15, 0.2) is 55.0 Å². The van der Waals surface area contributed by atoms with Crippen LogP contribution in [0.3, 0.4) is 0 Å². The topological polar surface area (TPSA) is 179 Å². The van der Waals surface area contributed by atoms with E-state index in [1.165, 1.54) is 0 Å². The zero-order valence-electron chi connectivity index (χ0n) is 27.0. The van der Waals surface area contributed by atoms with Crippen LogP contribution in [0.5, 0.6) is 0 Å². The van der Waals surface area contributed by atoms with Gasteiger partial charge >= 0.3 is 0 Å². The van der Waals surface area contributed by atoms with Gasteiger partial charge in [0.2, 0.25) is 0 Å². The SMILES string of the molecule is Cc1nc2c(-c3ccc(Cl)cc3Cl)ccnc2n1CCO.Cc1nc2c(I)ccnc2n1CCO.Cc1nc2c(N)ccnc2n1CCO. The summed E-state index contributed by atoms with van der Waals surface area (Å²) in [5.41, 5.74) is 12.9. The fourth-order valence-corrected chi connectivity index (χ4v) is 6.43. The standard InChI is InChI=1S/C15H13Cl2N3O.C9H10IN3O.C9H12N4O/c1-9-19-14-12(11-3-2-10(16)8-13(11)17)4-5-18-15(14)20(9)6-7-21;2*1-6-12-8-7(10)2-3-11-9(8)13(6)4-5-14/h2-5,8,21H,6-7H2,1H3;2-3,14H,4-5H2,1H3;2-3,14H,4-5H2,1H3,(H2,10,11). The third-order valence-electron chi connectivity index (χ3n) is 7.65. The average molecular weight is 818 g/mol. The maximum Gasteiger partial charge on any atom is 0.162 e. The van der Waals surface area contributed by atoms with E-state index in [-0.39, 0.29) is 19.8 Å². The number of aromatic nitrogens is 9. The van der Waals surface area contributed by atoms with Gasteiger partial charge in [0.05, 0.1) is 25.5 Å². The van der Waals surface area contributed by atoms with E-state index in [1.807, 2.05) is 52.7 Å². The molecule has 7 rings (SSSR count). The summed E-state index contributed by atoms with van der Waals surface area (Å²) in [6.07, 6.45) is 5.13. The van der Waals surface area contributed by atoms with Crippen LogP contribution in [0.2, 0.25) is 10.0 Å². The van der Waals surface area contributed by atoms with Gasteiger partial charge in [-0.25, -0.2) is 29.9 Å². The molecule has 0 atom stereocenters. The lowest BCUT2D eigenvalue weighted by Crippen LogP contribution is -2.04. The summed E-state index contributed by atoms with van der Waals surface area (Å²) < 4.78 is 6.76. The van der Waals surface area contributed by atoms with E-state index >= 15 is 0 Å². The molecule has 6 aromatic heterocycles. The molecule has 0 aliphatic carbocycles. The second kappa shape index (κ2) is 16.2. The van der Waals surface area contributed by atoms with Crippen LogP contribution in [0.25, 0.3) is 44.6 Å². The molecule has 0 radical (unpaired) electrons. The molecule has 49 heavy (non-hydrogen) atoms. The van der Waals surface area contributed by atoms with E-state index in [0.29, 0.717) is 40.9 Å². The van der Waals surface area contributed by atoms with Crippen LogP contribution in [-0.2, 0) is 19.6 Å². The minimum atomic E-state index is 0.0416. The maximum atomic E-state index is 9.17. The molecule has 6 heterocycles. The number of aryl methyl sites for hydroxylation is 3. The average Bonchev–Trinajstić information content (AvgIpc) is 3.70. The van der Waals surface area contributed by atoms with Crippen LogP contribution in [-0.4, -0.2) is 78.7 Å². The maximum absolute atomic E-state index is 9.17. The molecule has 256 valence electrons. The van der Waals surface area contributed by atoms with Crippen molar-refractivity contribution >= 4 is 85.0 Å². The minimum absolute atomic E-state index is 0.0416. The van der Waals surface area contributed by atoms with Gasteiger partial charge in [-0.3, -0.25) is 0 Å². The number of hydrogen-bond acceptors (Lipinski definition) is 10. The van der Waals surface area contributed by atoms with E-state index < -0.39 is 0 Å². The lowest BCUT2D eigenvalue weighted by Gasteiger charge is -2.06. The van der Waals surface area contributed by atoms with E-state index in [4.69, 9.17) is 39.1 Å². The number of nitrogens with zero attached hydrogens (tertiary/aromatic N) is 9. The number of imidazole rings is 3. The number of nitrogens with two attached hydrogens (primary N) is 1. The summed E-state index contributed by atoms with van der Waals surface area (Å²) in [7, 11) is 0. The molecule has 0 spiro atoms. The summed E-state index contributed by atoms with van der Waals surface area (Å²) in [6, 6.07) is 10.9. The Balaban J connectivity index is 0.000000148. The molecule has 13 nitrogen and oxygen atoms in total. The van der Waals surface area contributed by atoms with Crippen molar-refractivity contribution in [1.82, 2.24) is 43.6 Å². The molecule has 0 bridgehead atoms. The summed E-state index contributed by atoms with van der Waals surface area (Å²) in [5.74, 6) is 2.52. The highest BCUT2D eigenvalue weighted by Crippen LogP contribution is 2.34. The van der Waals surface area contributed by atoms with Gasteiger partial charge in [-0.05, 0) is 73.7 Å². The van der Waals surface area contributed by atoms with Gasteiger partial charge in [0.1, 0.15) is 34.0 Å². The molecule has 0 aliphatic heterocycles. The number of fused-ring (bicyclic) bond motifs is 3. The first-order valence-electron chi connectivity index (χ1n) is 15.2. The molecule has 0 fully saturated rings. The third kappa shape index (κ3) is 7.79. The number of pyridine rings is 3. The van der Waals surface area contributed by atoms with Gasteiger partial charge in [0.25, 0.3) is 0 Å². The molecular formula is C33H35Cl2IN10O3. The van der Waals surface area contributed by atoms with Crippen molar-refractivity contribution in [2.75, 3.05) is 25.6 Å². The number of hydrogen-bond donors (Lipinski definition) is 4. The molecule has 0 unspecified atom stereocenters. The van der Waals surface area contributed by atoms with Crippen molar-refractivity contribution in [3.63, 3.8) is 0 Å². The second-order valence-electron chi connectivity index (χ2n) is 10.8. The van der Waals surface area contributed by atoms with Crippen molar-refractivity contribution < 1.29 is 15.3 Å². The van der Waals surface area contributed by atoms with Crippen molar-refractivity contribution in [1.29, 1.82) is 0 Å². The molecule has 0 amide bonds. The van der Waals surface area contributed by atoms with Gasteiger partial charge < -0.3 is 34.8 Å². The Morgan fingerprint density at radius 2 is 1.10 bits per heavy atom. The minimum Gasteiger partial charge on any atom is -0.397 e. The largest absolute Gasteiger partial charge is 0.397 e. The number of anilines is 1. The molecule has 7 aromatic rings. The molecule has 0 aliphatic rings. The lowest BCUT2D eigenvalue weighted by atomic mass is 10.1. The number of rotatable bonds is 7. The number of aliphatic hydroxyl groups is 3. The Labute approximate surface area is 305 Å². The van der Waals surface area contributed by atoms with Crippen LogP contribution in [0.4, 0.5) is 5.69 Å².